The fraction of sp³-hybridized carbons (Fsp3) is 0.583. The van der Waals surface area contributed by atoms with E-state index in [4.69, 9.17) is 16.0 Å². The number of rotatable bonds is 7. The number of nitro groups is 1. The zero-order valence-corrected chi connectivity index (χ0v) is 11.7. The highest BCUT2D eigenvalue weighted by Crippen LogP contribution is 2.22. The van der Waals surface area contributed by atoms with E-state index < -0.39 is 16.7 Å². The number of hydrogen-bond acceptors (Lipinski definition) is 4. The molecule has 1 aromatic heterocycles. The lowest BCUT2D eigenvalue weighted by Gasteiger charge is -2.24. The summed E-state index contributed by atoms with van der Waals surface area (Å²) < 4.78 is 4.82. The van der Waals surface area contributed by atoms with Crippen LogP contribution in [0.3, 0.4) is 0 Å². The summed E-state index contributed by atoms with van der Waals surface area (Å²) in [6.07, 6.45) is 1.76. The van der Waals surface area contributed by atoms with E-state index in [1.165, 1.54) is 6.07 Å². The van der Waals surface area contributed by atoms with Gasteiger partial charge < -0.3 is 9.73 Å². The third-order valence-corrected chi connectivity index (χ3v) is 2.98. The van der Waals surface area contributed by atoms with Gasteiger partial charge in [0, 0.05) is 12.4 Å². The fourth-order valence-electron chi connectivity index (χ4n) is 1.59. The van der Waals surface area contributed by atoms with Gasteiger partial charge in [0.1, 0.15) is 4.92 Å². The molecule has 0 atom stereocenters. The summed E-state index contributed by atoms with van der Waals surface area (Å²) in [7, 11) is 0. The molecule has 1 rings (SSSR count). The van der Waals surface area contributed by atoms with Gasteiger partial charge in [-0.3, -0.25) is 14.9 Å². The molecular formula is C12H17ClN2O4. The molecule has 0 fully saturated rings. The first-order valence-electron chi connectivity index (χ1n) is 5.94. The second-order valence-electron chi connectivity index (χ2n) is 5.03. The highest BCUT2D eigenvalue weighted by molar-refractivity contribution is 6.17. The number of halogens is 1. The Kier molecular flexibility index (Phi) is 5.35. The standard InChI is InChI=1S/C12H17ClN2O4/c1-12(2,6-3-7-13)8-14-11(16)9-4-5-10(19-9)15(17)18/h4-5H,3,6-8H2,1-2H3,(H,14,16). The highest BCUT2D eigenvalue weighted by atomic mass is 35.5. The van der Waals surface area contributed by atoms with Gasteiger partial charge >= 0.3 is 5.88 Å². The van der Waals surface area contributed by atoms with Crippen molar-refractivity contribution in [1.82, 2.24) is 5.32 Å². The zero-order valence-electron chi connectivity index (χ0n) is 10.9. The van der Waals surface area contributed by atoms with Gasteiger partial charge in [0.15, 0.2) is 5.76 Å². The summed E-state index contributed by atoms with van der Waals surface area (Å²) >= 11 is 5.63. The lowest BCUT2D eigenvalue weighted by atomic mass is 9.88. The maximum absolute atomic E-state index is 11.7. The maximum Gasteiger partial charge on any atom is 0.433 e. The lowest BCUT2D eigenvalue weighted by molar-refractivity contribution is -0.402. The number of alkyl halides is 1. The largest absolute Gasteiger partial charge is 0.433 e. The Morgan fingerprint density at radius 3 is 2.74 bits per heavy atom. The van der Waals surface area contributed by atoms with Crippen molar-refractivity contribution >= 4 is 23.4 Å². The lowest BCUT2D eigenvalue weighted by Crippen LogP contribution is -2.33. The summed E-state index contributed by atoms with van der Waals surface area (Å²) in [5.74, 6) is -0.361. The van der Waals surface area contributed by atoms with E-state index in [1.54, 1.807) is 0 Å². The molecule has 1 heterocycles. The molecule has 0 spiro atoms. The topological polar surface area (TPSA) is 85.4 Å². The summed E-state index contributed by atoms with van der Waals surface area (Å²) in [5.41, 5.74) is -0.0803. The average molecular weight is 289 g/mol. The minimum Gasteiger partial charge on any atom is -0.395 e. The van der Waals surface area contributed by atoms with E-state index in [0.717, 1.165) is 18.9 Å². The van der Waals surface area contributed by atoms with Gasteiger partial charge in [-0.05, 0) is 24.3 Å². The van der Waals surface area contributed by atoms with Gasteiger partial charge in [-0.1, -0.05) is 13.8 Å². The molecule has 0 aliphatic heterocycles. The van der Waals surface area contributed by atoms with E-state index in [-0.39, 0.29) is 11.2 Å². The summed E-state index contributed by atoms with van der Waals surface area (Å²) in [4.78, 5) is 21.5. The van der Waals surface area contributed by atoms with Crippen LogP contribution in [0.25, 0.3) is 0 Å². The monoisotopic (exact) mass is 288 g/mol. The van der Waals surface area contributed by atoms with Crippen molar-refractivity contribution in [2.75, 3.05) is 12.4 Å². The third kappa shape index (κ3) is 4.90. The van der Waals surface area contributed by atoms with Crippen LogP contribution in [0.5, 0.6) is 0 Å². The Morgan fingerprint density at radius 2 is 2.21 bits per heavy atom. The number of carbonyl (C=O) groups is 1. The normalized spacial score (nSPS) is 11.3. The maximum atomic E-state index is 11.7. The van der Waals surface area contributed by atoms with E-state index in [9.17, 15) is 14.9 Å². The van der Waals surface area contributed by atoms with Crippen molar-refractivity contribution in [3.05, 3.63) is 28.0 Å². The van der Waals surface area contributed by atoms with Crippen LogP contribution in [-0.2, 0) is 0 Å². The van der Waals surface area contributed by atoms with Gasteiger partial charge in [0.2, 0.25) is 0 Å². The van der Waals surface area contributed by atoms with Crippen molar-refractivity contribution in [2.45, 2.75) is 26.7 Å². The van der Waals surface area contributed by atoms with Crippen LogP contribution >= 0.6 is 11.6 Å². The first-order valence-corrected chi connectivity index (χ1v) is 6.47. The molecule has 0 saturated heterocycles. The molecular weight excluding hydrogens is 272 g/mol. The quantitative estimate of drug-likeness (QED) is 0.475. The van der Waals surface area contributed by atoms with Crippen LogP contribution in [0.2, 0.25) is 0 Å². The van der Waals surface area contributed by atoms with Crippen molar-refractivity contribution in [1.29, 1.82) is 0 Å². The number of carbonyl (C=O) groups excluding carboxylic acids is 1. The first-order chi connectivity index (χ1) is 8.85. The van der Waals surface area contributed by atoms with Gasteiger partial charge in [0.05, 0.1) is 6.07 Å². The zero-order chi connectivity index (χ0) is 14.5. The molecule has 1 aromatic rings. The Bertz CT molecular complexity index is 456. The number of nitrogens with zero attached hydrogens (tertiary/aromatic N) is 1. The summed E-state index contributed by atoms with van der Waals surface area (Å²) in [5, 5.41) is 13.1. The molecule has 0 unspecified atom stereocenters. The smallest absolute Gasteiger partial charge is 0.395 e. The van der Waals surface area contributed by atoms with Crippen LogP contribution in [0.1, 0.15) is 37.2 Å². The average Bonchev–Trinajstić information content (AvgIpc) is 2.83. The van der Waals surface area contributed by atoms with E-state index in [2.05, 4.69) is 5.32 Å². The van der Waals surface area contributed by atoms with E-state index in [1.807, 2.05) is 13.8 Å². The molecule has 0 radical (unpaired) electrons. The predicted octanol–water partition coefficient (Wildman–Crippen LogP) is 2.96. The van der Waals surface area contributed by atoms with Crippen LogP contribution in [-0.4, -0.2) is 23.3 Å². The molecule has 6 nitrogen and oxygen atoms in total. The second-order valence-corrected chi connectivity index (χ2v) is 5.41. The highest BCUT2D eigenvalue weighted by Gasteiger charge is 2.21. The number of amides is 1. The number of hydrogen-bond donors (Lipinski definition) is 1. The van der Waals surface area contributed by atoms with Crippen molar-refractivity contribution < 1.29 is 14.1 Å². The van der Waals surface area contributed by atoms with Gasteiger partial charge in [-0.15, -0.1) is 11.6 Å². The van der Waals surface area contributed by atoms with Crippen molar-refractivity contribution in [2.24, 2.45) is 5.41 Å². The van der Waals surface area contributed by atoms with Crippen LogP contribution < -0.4 is 5.32 Å². The van der Waals surface area contributed by atoms with Gasteiger partial charge in [-0.2, -0.15) is 0 Å². The van der Waals surface area contributed by atoms with Gasteiger partial charge in [-0.25, -0.2) is 0 Å². The van der Waals surface area contributed by atoms with Crippen LogP contribution in [0.15, 0.2) is 16.5 Å². The van der Waals surface area contributed by atoms with Gasteiger partial charge in [0.25, 0.3) is 5.91 Å². The minimum atomic E-state index is -0.679. The molecule has 7 heteroatoms. The Morgan fingerprint density at radius 1 is 1.53 bits per heavy atom. The summed E-state index contributed by atoms with van der Waals surface area (Å²) in [6, 6.07) is 2.45. The predicted molar refractivity (Wildman–Crippen MR) is 71.4 cm³/mol. The third-order valence-electron chi connectivity index (χ3n) is 2.71. The van der Waals surface area contributed by atoms with E-state index in [0.29, 0.717) is 12.4 Å². The molecule has 0 saturated carbocycles. The molecule has 106 valence electrons. The van der Waals surface area contributed by atoms with E-state index >= 15 is 0 Å². The molecule has 0 bridgehead atoms. The Balaban J connectivity index is 2.52. The molecule has 0 aliphatic rings. The van der Waals surface area contributed by atoms with Crippen molar-refractivity contribution in [3.63, 3.8) is 0 Å². The SMILES string of the molecule is CC(C)(CCCCl)CNC(=O)c1ccc([N+](=O)[O-])o1. The second kappa shape index (κ2) is 6.56. The Hall–Kier alpha value is -1.56. The fourth-order valence-corrected chi connectivity index (χ4v) is 1.72. The van der Waals surface area contributed by atoms with Crippen LogP contribution in [0, 0.1) is 15.5 Å². The minimum absolute atomic E-state index is 0.0557. The molecule has 1 N–H and O–H groups in total. The number of nitrogens with one attached hydrogen (secondary N) is 1. The molecule has 0 aromatic carbocycles. The van der Waals surface area contributed by atoms with Crippen molar-refractivity contribution in [3.8, 4) is 0 Å². The summed E-state index contributed by atoms with van der Waals surface area (Å²) in [6.45, 7) is 4.49. The molecule has 0 aliphatic carbocycles. The number of furan rings is 1. The van der Waals surface area contributed by atoms with Crippen LogP contribution in [0.4, 0.5) is 5.88 Å². The Labute approximate surface area is 116 Å². The molecule has 19 heavy (non-hydrogen) atoms. The first kappa shape index (κ1) is 15.5. The molecule has 1 amide bonds.